The molecular formula is C29H42N2O4. The Hall–Kier alpha value is -3.02. The van der Waals surface area contributed by atoms with Gasteiger partial charge in [0.2, 0.25) is 11.8 Å². The van der Waals surface area contributed by atoms with Gasteiger partial charge in [-0.1, -0.05) is 49.7 Å². The Morgan fingerprint density at radius 3 is 2.26 bits per heavy atom. The van der Waals surface area contributed by atoms with E-state index in [2.05, 4.69) is 11.4 Å². The van der Waals surface area contributed by atoms with Crippen molar-refractivity contribution in [3.8, 4) is 11.5 Å². The highest BCUT2D eigenvalue weighted by atomic mass is 16.5. The second-order valence-electron chi connectivity index (χ2n) is 8.90. The average molecular weight is 483 g/mol. The van der Waals surface area contributed by atoms with E-state index >= 15 is 0 Å². The molecular weight excluding hydrogens is 440 g/mol. The number of nitrogens with one attached hydrogen (secondary N) is 1. The number of carbonyl (C=O) groups excluding carboxylic acids is 2. The highest BCUT2D eigenvalue weighted by Gasteiger charge is 2.29. The second kappa shape index (κ2) is 14.4. The third-order valence-corrected chi connectivity index (χ3v) is 6.06. The zero-order chi connectivity index (χ0) is 25.8. The molecule has 2 atom stereocenters. The Morgan fingerprint density at radius 2 is 1.63 bits per heavy atom. The summed E-state index contributed by atoms with van der Waals surface area (Å²) < 4.78 is 11.4. The Kier molecular flexibility index (Phi) is 11.6. The van der Waals surface area contributed by atoms with E-state index in [9.17, 15) is 9.59 Å². The molecule has 0 bridgehead atoms. The fourth-order valence-electron chi connectivity index (χ4n) is 4.01. The number of hydrogen-bond acceptors (Lipinski definition) is 4. The number of ether oxygens (including phenoxy) is 2. The van der Waals surface area contributed by atoms with E-state index in [1.54, 1.807) is 4.90 Å². The molecule has 0 unspecified atom stereocenters. The highest BCUT2D eigenvalue weighted by molar-refractivity contribution is 5.88. The van der Waals surface area contributed by atoms with Crippen LogP contribution in [0.3, 0.4) is 0 Å². The molecule has 6 heteroatoms. The van der Waals surface area contributed by atoms with Crippen LogP contribution in [0, 0.1) is 6.92 Å². The van der Waals surface area contributed by atoms with Crippen molar-refractivity contribution in [1.82, 2.24) is 10.2 Å². The van der Waals surface area contributed by atoms with Gasteiger partial charge < -0.3 is 19.7 Å². The summed E-state index contributed by atoms with van der Waals surface area (Å²) in [7, 11) is 0. The largest absolute Gasteiger partial charge is 0.490 e. The minimum Gasteiger partial charge on any atom is -0.490 e. The molecule has 0 fully saturated rings. The molecule has 2 aromatic carbocycles. The normalized spacial score (nSPS) is 12.5. The summed E-state index contributed by atoms with van der Waals surface area (Å²) in [5, 5.41) is 3.06. The lowest BCUT2D eigenvalue weighted by molar-refractivity contribution is -0.141. The quantitative estimate of drug-likeness (QED) is 0.389. The van der Waals surface area contributed by atoms with Crippen molar-refractivity contribution in [2.45, 2.75) is 85.9 Å². The van der Waals surface area contributed by atoms with Crippen molar-refractivity contribution in [2.24, 2.45) is 0 Å². The van der Waals surface area contributed by atoms with Crippen molar-refractivity contribution < 1.29 is 19.1 Å². The first-order valence-corrected chi connectivity index (χ1v) is 12.9. The van der Waals surface area contributed by atoms with Crippen LogP contribution in [0.1, 0.15) is 70.6 Å². The minimum atomic E-state index is -0.517. The summed E-state index contributed by atoms with van der Waals surface area (Å²) in [4.78, 5) is 28.4. The van der Waals surface area contributed by atoms with E-state index in [0.717, 1.165) is 23.1 Å². The number of amides is 2. The van der Waals surface area contributed by atoms with E-state index in [-0.39, 0.29) is 17.9 Å². The molecule has 6 nitrogen and oxygen atoms in total. The molecule has 2 rings (SSSR count). The van der Waals surface area contributed by atoms with Gasteiger partial charge in [-0.3, -0.25) is 9.59 Å². The Balaban J connectivity index is 2.24. The first-order valence-electron chi connectivity index (χ1n) is 12.9. The van der Waals surface area contributed by atoms with Gasteiger partial charge in [0.05, 0.1) is 13.2 Å². The molecule has 0 aromatic heterocycles. The standard InChI is InChI=1S/C29H42N2O4/c1-7-22(6)30-29(33)25(8-2)31(20-24-13-11-12-21(5)18-24)28(32)17-15-23-14-16-26(34-9-3)27(19-23)35-10-4/h11-14,16,18-19,22,25H,7-10,15,17,20H2,1-6H3,(H,30,33)/t22-,25+/m1/s1. The predicted molar refractivity (Wildman–Crippen MR) is 141 cm³/mol. The zero-order valence-corrected chi connectivity index (χ0v) is 22.2. The maximum atomic E-state index is 13.5. The zero-order valence-electron chi connectivity index (χ0n) is 22.2. The molecule has 0 heterocycles. The summed E-state index contributed by atoms with van der Waals surface area (Å²) in [5.41, 5.74) is 3.15. The SMILES string of the molecule is CCOc1ccc(CCC(=O)N(Cc2cccc(C)c2)[C@@H](CC)C(=O)N[C@H](C)CC)cc1OCC. The van der Waals surface area contributed by atoms with Crippen LogP contribution in [0.25, 0.3) is 0 Å². The van der Waals surface area contributed by atoms with Gasteiger partial charge in [-0.05, 0) is 70.2 Å². The molecule has 0 spiro atoms. The summed E-state index contributed by atoms with van der Waals surface area (Å²) in [6.07, 6.45) is 2.25. The lowest BCUT2D eigenvalue weighted by Gasteiger charge is -2.31. The Labute approximate surface area is 211 Å². The minimum absolute atomic E-state index is 0.0375. The fourth-order valence-corrected chi connectivity index (χ4v) is 4.01. The Bertz CT molecular complexity index is 959. The van der Waals surface area contributed by atoms with Crippen molar-refractivity contribution in [1.29, 1.82) is 0 Å². The maximum Gasteiger partial charge on any atom is 0.243 e. The smallest absolute Gasteiger partial charge is 0.243 e. The van der Waals surface area contributed by atoms with E-state index in [1.807, 2.05) is 77.9 Å². The van der Waals surface area contributed by atoms with Crippen LogP contribution in [0.4, 0.5) is 0 Å². The molecule has 2 amide bonds. The molecule has 0 aliphatic carbocycles. The van der Waals surface area contributed by atoms with Gasteiger partial charge in [0.1, 0.15) is 6.04 Å². The maximum absolute atomic E-state index is 13.5. The summed E-state index contributed by atoms with van der Waals surface area (Å²) in [6.45, 7) is 13.4. The number of benzene rings is 2. The van der Waals surface area contributed by atoms with Gasteiger partial charge >= 0.3 is 0 Å². The van der Waals surface area contributed by atoms with Crippen molar-refractivity contribution in [3.05, 3.63) is 59.2 Å². The number of aryl methyl sites for hydroxylation is 2. The predicted octanol–water partition coefficient (Wildman–Crippen LogP) is 5.45. The third kappa shape index (κ3) is 8.61. The first-order chi connectivity index (χ1) is 16.8. The van der Waals surface area contributed by atoms with Crippen molar-refractivity contribution >= 4 is 11.8 Å². The van der Waals surface area contributed by atoms with Crippen LogP contribution in [-0.4, -0.2) is 42.0 Å². The van der Waals surface area contributed by atoms with Gasteiger partial charge in [-0.25, -0.2) is 0 Å². The lowest BCUT2D eigenvalue weighted by atomic mass is 10.0. The topological polar surface area (TPSA) is 67.9 Å². The number of carbonyl (C=O) groups is 2. The van der Waals surface area contributed by atoms with Gasteiger partial charge in [0, 0.05) is 19.0 Å². The molecule has 192 valence electrons. The lowest BCUT2D eigenvalue weighted by Crippen LogP contribution is -2.50. The molecule has 0 aliphatic rings. The van der Waals surface area contributed by atoms with E-state index in [0.29, 0.717) is 50.5 Å². The number of hydrogen-bond donors (Lipinski definition) is 1. The van der Waals surface area contributed by atoms with E-state index in [1.165, 1.54) is 0 Å². The summed E-state index contributed by atoms with van der Waals surface area (Å²) in [6, 6.07) is 13.5. The highest BCUT2D eigenvalue weighted by Crippen LogP contribution is 2.29. The van der Waals surface area contributed by atoms with Gasteiger partial charge in [0.15, 0.2) is 11.5 Å². The van der Waals surface area contributed by atoms with Gasteiger partial charge in [-0.2, -0.15) is 0 Å². The summed E-state index contributed by atoms with van der Waals surface area (Å²) in [5.74, 6) is 1.26. The second-order valence-corrected chi connectivity index (χ2v) is 8.90. The van der Waals surface area contributed by atoms with Crippen molar-refractivity contribution in [3.63, 3.8) is 0 Å². The monoisotopic (exact) mass is 482 g/mol. The molecule has 0 radical (unpaired) electrons. The molecule has 0 aliphatic heterocycles. The van der Waals surface area contributed by atoms with Crippen LogP contribution >= 0.6 is 0 Å². The van der Waals surface area contributed by atoms with Crippen LogP contribution in [-0.2, 0) is 22.6 Å². The summed E-state index contributed by atoms with van der Waals surface area (Å²) >= 11 is 0. The molecule has 2 aromatic rings. The van der Waals surface area contributed by atoms with Crippen molar-refractivity contribution in [2.75, 3.05) is 13.2 Å². The van der Waals surface area contributed by atoms with Crippen LogP contribution in [0.2, 0.25) is 0 Å². The molecule has 1 N–H and O–H groups in total. The Morgan fingerprint density at radius 1 is 0.914 bits per heavy atom. The molecule has 0 saturated heterocycles. The third-order valence-electron chi connectivity index (χ3n) is 6.06. The average Bonchev–Trinajstić information content (AvgIpc) is 2.84. The van der Waals surface area contributed by atoms with Crippen LogP contribution in [0.5, 0.6) is 11.5 Å². The first kappa shape index (κ1) is 28.2. The van der Waals surface area contributed by atoms with Gasteiger partial charge in [-0.15, -0.1) is 0 Å². The molecule has 0 saturated carbocycles. The number of nitrogens with zero attached hydrogens (tertiary/aromatic N) is 1. The molecule has 35 heavy (non-hydrogen) atoms. The van der Waals surface area contributed by atoms with Crippen LogP contribution < -0.4 is 14.8 Å². The number of rotatable bonds is 14. The van der Waals surface area contributed by atoms with Gasteiger partial charge in [0.25, 0.3) is 0 Å². The van der Waals surface area contributed by atoms with Crippen LogP contribution in [0.15, 0.2) is 42.5 Å². The van der Waals surface area contributed by atoms with E-state index < -0.39 is 6.04 Å². The van der Waals surface area contributed by atoms with E-state index in [4.69, 9.17) is 9.47 Å². The fraction of sp³-hybridized carbons (Fsp3) is 0.517.